The Hall–Kier alpha value is -0.980. The van der Waals surface area contributed by atoms with Gasteiger partial charge in [-0.15, -0.1) is 0 Å². The second kappa shape index (κ2) is 6.26. The maximum absolute atomic E-state index is 11.6. The van der Waals surface area contributed by atoms with Gasteiger partial charge in [-0.2, -0.15) is 0 Å². The van der Waals surface area contributed by atoms with Gasteiger partial charge in [-0.25, -0.2) is 0 Å². The average molecular weight is 314 g/mol. The van der Waals surface area contributed by atoms with Gasteiger partial charge in [0.15, 0.2) is 0 Å². The number of ether oxygens (including phenoxy) is 1. The van der Waals surface area contributed by atoms with Crippen molar-refractivity contribution in [3.05, 3.63) is 28.5 Å². The SMILES string of the molecule is NC(=O)C(CN1CCOCC1)c1cc(Br)ccn1. The number of rotatable bonds is 4. The Kier molecular flexibility index (Phi) is 4.68. The third-order valence-corrected chi connectivity index (χ3v) is 3.48. The summed E-state index contributed by atoms with van der Waals surface area (Å²) >= 11 is 3.38. The zero-order valence-electron chi connectivity index (χ0n) is 10.0. The predicted octanol–water partition coefficient (Wildman–Crippen LogP) is 0.745. The summed E-state index contributed by atoms with van der Waals surface area (Å²) in [5.41, 5.74) is 6.20. The fourth-order valence-corrected chi connectivity index (χ4v) is 2.34. The molecule has 1 fully saturated rings. The number of carbonyl (C=O) groups is 1. The first kappa shape index (κ1) is 13.5. The number of pyridine rings is 1. The molecule has 0 spiro atoms. The van der Waals surface area contributed by atoms with E-state index in [4.69, 9.17) is 10.5 Å². The molecule has 1 aliphatic rings. The third-order valence-electron chi connectivity index (χ3n) is 2.99. The fraction of sp³-hybridized carbons (Fsp3) is 0.500. The quantitative estimate of drug-likeness (QED) is 0.890. The Bertz CT molecular complexity index is 422. The van der Waals surface area contributed by atoms with Crippen molar-refractivity contribution in [1.82, 2.24) is 9.88 Å². The van der Waals surface area contributed by atoms with Crippen LogP contribution in [0.3, 0.4) is 0 Å². The highest BCUT2D eigenvalue weighted by Gasteiger charge is 2.23. The number of nitrogens with zero attached hydrogens (tertiary/aromatic N) is 2. The van der Waals surface area contributed by atoms with E-state index in [2.05, 4.69) is 25.8 Å². The monoisotopic (exact) mass is 313 g/mol. The lowest BCUT2D eigenvalue weighted by Gasteiger charge is -2.29. The van der Waals surface area contributed by atoms with Gasteiger partial charge in [-0.1, -0.05) is 15.9 Å². The van der Waals surface area contributed by atoms with Crippen LogP contribution in [0.25, 0.3) is 0 Å². The molecule has 2 heterocycles. The number of primary amides is 1. The first-order chi connectivity index (χ1) is 8.66. The number of amides is 1. The molecule has 1 saturated heterocycles. The minimum Gasteiger partial charge on any atom is -0.379 e. The average Bonchev–Trinajstić information content (AvgIpc) is 2.37. The molecule has 1 amide bonds. The van der Waals surface area contributed by atoms with Gasteiger partial charge in [-0.05, 0) is 12.1 Å². The molecule has 6 heteroatoms. The van der Waals surface area contributed by atoms with Gasteiger partial charge in [-0.3, -0.25) is 14.7 Å². The van der Waals surface area contributed by atoms with Crippen molar-refractivity contribution in [2.45, 2.75) is 5.92 Å². The van der Waals surface area contributed by atoms with Crippen molar-refractivity contribution in [2.75, 3.05) is 32.8 Å². The topological polar surface area (TPSA) is 68.5 Å². The Morgan fingerprint density at radius 2 is 2.28 bits per heavy atom. The van der Waals surface area contributed by atoms with Gasteiger partial charge in [0, 0.05) is 30.3 Å². The summed E-state index contributed by atoms with van der Waals surface area (Å²) in [5.74, 6) is -0.715. The van der Waals surface area contributed by atoms with Crippen LogP contribution in [0.2, 0.25) is 0 Å². The number of halogens is 1. The highest BCUT2D eigenvalue weighted by Crippen LogP contribution is 2.19. The van der Waals surface area contributed by atoms with Crippen molar-refractivity contribution in [3.63, 3.8) is 0 Å². The van der Waals surface area contributed by atoms with E-state index in [0.29, 0.717) is 25.5 Å². The lowest BCUT2D eigenvalue weighted by atomic mass is 10.0. The minimum absolute atomic E-state index is 0.341. The van der Waals surface area contributed by atoms with Crippen LogP contribution in [0.4, 0.5) is 0 Å². The molecule has 0 radical (unpaired) electrons. The highest BCUT2D eigenvalue weighted by atomic mass is 79.9. The molecular weight excluding hydrogens is 298 g/mol. The van der Waals surface area contributed by atoms with Crippen molar-refractivity contribution in [3.8, 4) is 0 Å². The van der Waals surface area contributed by atoms with E-state index in [1.165, 1.54) is 0 Å². The van der Waals surface area contributed by atoms with Crippen LogP contribution < -0.4 is 5.73 Å². The minimum atomic E-state index is -0.374. The van der Waals surface area contributed by atoms with Gasteiger partial charge in [0.05, 0.1) is 24.8 Å². The molecular formula is C12H16BrN3O2. The van der Waals surface area contributed by atoms with Crippen LogP contribution in [0.1, 0.15) is 11.6 Å². The predicted molar refractivity (Wildman–Crippen MR) is 71.1 cm³/mol. The molecule has 5 nitrogen and oxygen atoms in total. The molecule has 18 heavy (non-hydrogen) atoms. The third kappa shape index (κ3) is 3.51. The van der Waals surface area contributed by atoms with Crippen LogP contribution in [-0.4, -0.2) is 48.6 Å². The Balaban J connectivity index is 2.10. The van der Waals surface area contributed by atoms with Gasteiger partial charge in [0.2, 0.25) is 5.91 Å². The van der Waals surface area contributed by atoms with Gasteiger partial charge >= 0.3 is 0 Å². The van der Waals surface area contributed by atoms with Gasteiger partial charge < -0.3 is 10.5 Å². The smallest absolute Gasteiger partial charge is 0.227 e. The second-order valence-electron chi connectivity index (χ2n) is 4.27. The molecule has 1 aliphatic heterocycles. The first-order valence-electron chi connectivity index (χ1n) is 5.87. The second-order valence-corrected chi connectivity index (χ2v) is 5.18. The number of hydrogen-bond acceptors (Lipinski definition) is 4. The van der Waals surface area contributed by atoms with Crippen molar-refractivity contribution in [2.24, 2.45) is 5.73 Å². The molecule has 1 aromatic rings. The maximum atomic E-state index is 11.6. The van der Waals surface area contributed by atoms with Crippen LogP contribution in [0.5, 0.6) is 0 Å². The standard InChI is InChI=1S/C12H16BrN3O2/c13-9-1-2-15-11(7-9)10(12(14)17)8-16-3-5-18-6-4-16/h1-2,7,10H,3-6,8H2,(H2,14,17). The molecule has 0 aromatic carbocycles. The van der Waals surface area contributed by atoms with Crippen LogP contribution in [0.15, 0.2) is 22.8 Å². The van der Waals surface area contributed by atoms with E-state index in [1.54, 1.807) is 6.20 Å². The molecule has 2 N–H and O–H groups in total. The summed E-state index contributed by atoms with van der Waals surface area (Å²) in [6.07, 6.45) is 1.68. The molecule has 1 atom stereocenters. The highest BCUT2D eigenvalue weighted by molar-refractivity contribution is 9.10. The molecule has 0 bridgehead atoms. The van der Waals surface area contributed by atoms with E-state index >= 15 is 0 Å². The Labute approximate surface area is 114 Å². The van der Waals surface area contributed by atoms with E-state index in [-0.39, 0.29) is 11.8 Å². The fourth-order valence-electron chi connectivity index (χ4n) is 1.98. The van der Waals surface area contributed by atoms with Crippen molar-refractivity contribution in [1.29, 1.82) is 0 Å². The van der Waals surface area contributed by atoms with E-state index < -0.39 is 0 Å². The van der Waals surface area contributed by atoms with Gasteiger partial charge in [0.25, 0.3) is 0 Å². The molecule has 1 aromatic heterocycles. The first-order valence-corrected chi connectivity index (χ1v) is 6.67. The number of aromatic nitrogens is 1. The lowest BCUT2D eigenvalue weighted by molar-refractivity contribution is -0.120. The lowest BCUT2D eigenvalue weighted by Crippen LogP contribution is -2.41. The number of nitrogens with two attached hydrogens (primary N) is 1. The van der Waals surface area contributed by atoms with E-state index in [0.717, 1.165) is 17.6 Å². The number of carbonyl (C=O) groups excluding carboxylic acids is 1. The largest absolute Gasteiger partial charge is 0.379 e. The summed E-state index contributed by atoms with van der Waals surface area (Å²) in [5, 5.41) is 0. The molecule has 0 aliphatic carbocycles. The molecule has 98 valence electrons. The summed E-state index contributed by atoms with van der Waals surface area (Å²) in [6, 6.07) is 3.67. The zero-order valence-corrected chi connectivity index (χ0v) is 11.6. The molecule has 1 unspecified atom stereocenters. The maximum Gasteiger partial charge on any atom is 0.227 e. The Morgan fingerprint density at radius 1 is 1.56 bits per heavy atom. The van der Waals surface area contributed by atoms with Gasteiger partial charge in [0.1, 0.15) is 0 Å². The molecule has 2 rings (SSSR count). The van der Waals surface area contributed by atoms with E-state index in [9.17, 15) is 4.79 Å². The summed E-state index contributed by atoms with van der Waals surface area (Å²) in [4.78, 5) is 18.0. The summed E-state index contributed by atoms with van der Waals surface area (Å²) in [7, 11) is 0. The van der Waals surface area contributed by atoms with E-state index in [1.807, 2.05) is 12.1 Å². The number of hydrogen-bond donors (Lipinski definition) is 1. The normalized spacial score (nSPS) is 18.5. The van der Waals surface area contributed by atoms with Crippen LogP contribution >= 0.6 is 15.9 Å². The van der Waals surface area contributed by atoms with Crippen LogP contribution in [0, 0.1) is 0 Å². The Morgan fingerprint density at radius 3 is 2.89 bits per heavy atom. The number of morpholine rings is 1. The summed E-state index contributed by atoms with van der Waals surface area (Å²) in [6.45, 7) is 3.67. The van der Waals surface area contributed by atoms with Crippen molar-refractivity contribution >= 4 is 21.8 Å². The summed E-state index contributed by atoms with van der Waals surface area (Å²) < 4.78 is 6.19. The zero-order chi connectivity index (χ0) is 13.0. The molecule has 0 saturated carbocycles. The van der Waals surface area contributed by atoms with Crippen molar-refractivity contribution < 1.29 is 9.53 Å². The van der Waals surface area contributed by atoms with Crippen LogP contribution in [-0.2, 0) is 9.53 Å².